The highest BCUT2D eigenvalue weighted by atomic mass is 79.9. The Hall–Kier alpha value is -1.00. The van der Waals surface area contributed by atoms with Crippen molar-refractivity contribution in [2.75, 3.05) is 12.4 Å². The monoisotopic (exact) mass is 353 g/mol. The predicted octanol–water partition coefficient (Wildman–Crippen LogP) is 5.43. The van der Waals surface area contributed by atoms with E-state index in [1.54, 1.807) is 7.11 Å². The summed E-state index contributed by atoms with van der Waals surface area (Å²) in [5.41, 5.74) is 1.28. The number of hydrogen-bond acceptors (Lipinski definition) is 3. The van der Waals surface area contributed by atoms with Crippen molar-refractivity contribution in [2.45, 2.75) is 32.7 Å². The van der Waals surface area contributed by atoms with Gasteiger partial charge in [-0.1, -0.05) is 36.7 Å². The molecule has 0 aliphatic carbocycles. The Balaban J connectivity index is 2.05. The summed E-state index contributed by atoms with van der Waals surface area (Å²) in [7, 11) is 1.68. The minimum atomic E-state index is 0.224. The fourth-order valence-corrected chi connectivity index (χ4v) is 3.33. The molecule has 0 unspecified atom stereocenters. The van der Waals surface area contributed by atoms with Gasteiger partial charge in [-0.05, 0) is 29.7 Å². The second-order valence-corrected chi connectivity index (χ2v) is 7.83. The molecule has 0 aliphatic heterocycles. The lowest BCUT2D eigenvalue weighted by Gasteiger charge is -2.15. The molecular formula is C16H20BrNOS. The van der Waals surface area contributed by atoms with Crippen LogP contribution in [0.1, 0.15) is 30.5 Å². The second kappa shape index (κ2) is 6.19. The van der Waals surface area contributed by atoms with Gasteiger partial charge in [-0.2, -0.15) is 0 Å². The van der Waals surface area contributed by atoms with Crippen LogP contribution in [0.25, 0.3) is 0 Å². The van der Waals surface area contributed by atoms with E-state index in [0.29, 0.717) is 0 Å². The molecule has 1 N–H and O–H groups in total. The van der Waals surface area contributed by atoms with E-state index >= 15 is 0 Å². The third kappa shape index (κ3) is 4.00. The highest BCUT2D eigenvalue weighted by Gasteiger charge is 2.15. The van der Waals surface area contributed by atoms with Gasteiger partial charge >= 0.3 is 0 Å². The van der Waals surface area contributed by atoms with Gasteiger partial charge in [0.15, 0.2) is 0 Å². The first-order valence-corrected chi connectivity index (χ1v) is 8.17. The summed E-state index contributed by atoms with van der Waals surface area (Å²) >= 11 is 5.36. The van der Waals surface area contributed by atoms with Crippen molar-refractivity contribution in [3.8, 4) is 5.75 Å². The second-order valence-electron chi connectivity index (χ2n) is 5.75. The number of rotatable bonds is 4. The third-order valence-corrected chi connectivity index (χ3v) is 4.94. The van der Waals surface area contributed by atoms with Crippen LogP contribution in [0.15, 0.2) is 34.8 Å². The van der Waals surface area contributed by atoms with Crippen LogP contribution < -0.4 is 10.1 Å². The van der Waals surface area contributed by atoms with Gasteiger partial charge in [0.25, 0.3) is 0 Å². The fraction of sp³-hybridized carbons (Fsp3) is 0.375. The Morgan fingerprint density at radius 2 is 1.95 bits per heavy atom. The predicted molar refractivity (Wildman–Crippen MR) is 91.0 cm³/mol. The summed E-state index contributed by atoms with van der Waals surface area (Å²) in [5.74, 6) is 0.850. The summed E-state index contributed by atoms with van der Waals surface area (Å²) < 4.78 is 6.28. The lowest BCUT2D eigenvalue weighted by Crippen LogP contribution is -2.07. The molecule has 0 fully saturated rings. The van der Waals surface area contributed by atoms with Gasteiger partial charge in [-0.3, -0.25) is 0 Å². The summed E-state index contributed by atoms with van der Waals surface area (Å²) in [6.45, 7) is 7.57. The zero-order valence-corrected chi connectivity index (χ0v) is 14.7. The number of nitrogens with one attached hydrogen (secondary N) is 1. The molecule has 0 amide bonds. The van der Waals surface area contributed by atoms with Crippen molar-refractivity contribution in [1.82, 2.24) is 0 Å². The summed E-state index contributed by atoms with van der Waals surface area (Å²) in [4.78, 5) is 2.76. The highest BCUT2D eigenvalue weighted by Crippen LogP contribution is 2.30. The Kier molecular flexibility index (Phi) is 4.76. The average molecular weight is 354 g/mol. The van der Waals surface area contributed by atoms with Gasteiger partial charge in [0.1, 0.15) is 5.75 Å². The third-order valence-electron chi connectivity index (χ3n) is 2.97. The Bertz CT molecular complexity index is 586. The molecule has 0 saturated heterocycles. The molecule has 0 radical (unpaired) electrons. The molecule has 108 valence electrons. The molecular weight excluding hydrogens is 334 g/mol. The van der Waals surface area contributed by atoms with E-state index in [1.165, 1.54) is 9.75 Å². The Morgan fingerprint density at radius 1 is 1.20 bits per heavy atom. The standard InChI is InChI=1S/C16H20BrNOS/c1-16(2,3)15-6-5-14(20-15)10-18-12-7-11(17)8-13(9-12)19-4/h5-9,18H,10H2,1-4H3. The molecule has 1 aromatic heterocycles. The fourth-order valence-electron chi connectivity index (χ4n) is 1.85. The van der Waals surface area contributed by atoms with E-state index in [2.05, 4.69) is 60.2 Å². The van der Waals surface area contributed by atoms with E-state index in [-0.39, 0.29) is 5.41 Å². The van der Waals surface area contributed by atoms with Gasteiger partial charge in [0.05, 0.1) is 7.11 Å². The van der Waals surface area contributed by atoms with Crippen molar-refractivity contribution in [3.05, 3.63) is 44.6 Å². The number of ether oxygens (including phenoxy) is 1. The number of hydrogen-bond donors (Lipinski definition) is 1. The van der Waals surface area contributed by atoms with Crippen molar-refractivity contribution >= 4 is 33.0 Å². The van der Waals surface area contributed by atoms with Crippen LogP contribution in [0.3, 0.4) is 0 Å². The van der Waals surface area contributed by atoms with Gasteiger partial charge in [0, 0.05) is 32.5 Å². The summed E-state index contributed by atoms with van der Waals surface area (Å²) in [6.07, 6.45) is 0. The maximum atomic E-state index is 5.27. The SMILES string of the molecule is COc1cc(Br)cc(NCc2ccc(C(C)(C)C)s2)c1. The summed E-state index contributed by atoms with van der Waals surface area (Å²) in [6, 6.07) is 10.4. The maximum Gasteiger partial charge on any atom is 0.122 e. The van der Waals surface area contributed by atoms with Crippen LogP contribution in [-0.4, -0.2) is 7.11 Å². The number of benzene rings is 1. The molecule has 0 bridgehead atoms. The molecule has 2 rings (SSSR count). The molecule has 1 aromatic carbocycles. The first-order chi connectivity index (χ1) is 9.38. The number of halogens is 1. The first-order valence-electron chi connectivity index (χ1n) is 6.56. The first kappa shape index (κ1) is 15.4. The zero-order valence-electron chi connectivity index (χ0n) is 12.3. The Labute approximate surface area is 133 Å². The summed E-state index contributed by atoms with van der Waals surface area (Å²) in [5, 5.41) is 3.44. The maximum absolute atomic E-state index is 5.27. The molecule has 0 atom stereocenters. The van der Waals surface area contributed by atoms with E-state index in [1.807, 2.05) is 23.5 Å². The molecule has 0 spiro atoms. The topological polar surface area (TPSA) is 21.3 Å². The number of methoxy groups -OCH3 is 1. The minimum absolute atomic E-state index is 0.224. The Morgan fingerprint density at radius 3 is 2.55 bits per heavy atom. The lowest BCUT2D eigenvalue weighted by molar-refractivity contribution is 0.414. The van der Waals surface area contributed by atoms with Crippen molar-refractivity contribution in [3.63, 3.8) is 0 Å². The molecule has 2 aromatic rings. The van der Waals surface area contributed by atoms with Crippen molar-refractivity contribution in [2.24, 2.45) is 0 Å². The van der Waals surface area contributed by atoms with Crippen LogP contribution in [0.2, 0.25) is 0 Å². The normalized spacial score (nSPS) is 11.4. The van der Waals surface area contributed by atoms with E-state index in [0.717, 1.165) is 22.5 Å². The largest absolute Gasteiger partial charge is 0.497 e. The van der Waals surface area contributed by atoms with Crippen LogP contribution in [-0.2, 0) is 12.0 Å². The quantitative estimate of drug-likeness (QED) is 0.791. The molecule has 4 heteroatoms. The molecule has 0 saturated carbocycles. The number of anilines is 1. The average Bonchev–Trinajstić information content (AvgIpc) is 2.84. The van der Waals surface area contributed by atoms with Gasteiger partial charge in [-0.15, -0.1) is 11.3 Å². The van der Waals surface area contributed by atoms with E-state index < -0.39 is 0 Å². The van der Waals surface area contributed by atoms with Crippen LogP contribution >= 0.6 is 27.3 Å². The molecule has 2 nitrogen and oxygen atoms in total. The minimum Gasteiger partial charge on any atom is -0.497 e. The van der Waals surface area contributed by atoms with Crippen LogP contribution in [0.5, 0.6) is 5.75 Å². The van der Waals surface area contributed by atoms with Crippen molar-refractivity contribution in [1.29, 1.82) is 0 Å². The number of thiophene rings is 1. The van der Waals surface area contributed by atoms with Crippen LogP contribution in [0, 0.1) is 0 Å². The van der Waals surface area contributed by atoms with Gasteiger partial charge in [-0.25, -0.2) is 0 Å². The zero-order chi connectivity index (χ0) is 14.8. The van der Waals surface area contributed by atoms with Gasteiger partial charge in [0.2, 0.25) is 0 Å². The molecule has 20 heavy (non-hydrogen) atoms. The van der Waals surface area contributed by atoms with Crippen molar-refractivity contribution < 1.29 is 4.74 Å². The lowest BCUT2D eigenvalue weighted by atomic mass is 9.95. The van der Waals surface area contributed by atoms with E-state index in [4.69, 9.17) is 4.74 Å². The molecule has 1 heterocycles. The smallest absolute Gasteiger partial charge is 0.122 e. The van der Waals surface area contributed by atoms with Gasteiger partial charge < -0.3 is 10.1 Å². The highest BCUT2D eigenvalue weighted by molar-refractivity contribution is 9.10. The van der Waals surface area contributed by atoms with E-state index in [9.17, 15) is 0 Å². The molecule has 0 aliphatic rings. The van der Waals surface area contributed by atoms with Crippen LogP contribution in [0.4, 0.5) is 5.69 Å².